The fourth-order valence-electron chi connectivity index (χ4n) is 5.02. The van der Waals surface area contributed by atoms with Crippen LogP contribution in [0.5, 0.6) is 0 Å². The quantitative estimate of drug-likeness (QED) is 0.878. The number of ketones is 1. The molecule has 4 atom stereocenters. The second-order valence-corrected chi connectivity index (χ2v) is 8.43. The van der Waals surface area contributed by atoms with Crippen LogP contribution >= 0.6 is 0 Å². The van der Waals surface area contributed by atoms with Crippen molar-refractivity contribution in [2.75, 3.05) is 6.61 Å². The van der Waals surface area contributed by atoms with Crippen LogP contribution in [0, 0.1) is 11.3 Å². The summed E-state index contributed by atoms with van der Waals surface area (Å²) in [5.74, 6) is 0.745. The number of Topliss-reactive ketones (excluding diaryl/α,β-unsaturated/α-hetero) is 1. The molecule has 0 aliphatic heterocycles. The number of carbonyl (C=O) groups excluding carboxylic acids is 1. The first-order chi connectivity index (χ1) is 10.7. The zero-order chi connectivity index (χ0) is 17.0. The maximum Gasteiger partial charge on any atom is 0.134 e. The van der Waals surface area contributed by atoms with E-state index in [1.165, 1.54) is 5.56 Å². The van der Waals surface area contributed by atoms with Crippen LogP contribution in [-0.2, 0) is 10.2 Å². The summed E-state index contributed by atoms with van der Waals surface area (Å²) in [4.78, 5) is 12.4. The van der Waals surface area contributed by atoms with Crippen molar-refractivity contribution < 1.29 is 15.0 Å². The molecule has 2 aliphatic carbocycles. The topological polar surface area (TPSA) is 57.5 Å². The minimum Gasteiger partial charge on any atom is -0.396 e. The van der Waals surface area contributed by atoms with Gasteiger partial charge < -0.3 is 10.2 Å². The molecule has 0 unspecified atom stereocenters. The summed E-state index contributed by atoms with van der Waals surface area (Å²) in [5.41, 5.74) is 2.55. The summed E-state index contributed by atoms with van der Waals surface area (Å²) in [6.45, 7) is 8.42. The van der Waals surface area contributed by atoms with Gasteiger partial charge >= 0.3 is 0 Å². The Morgan fingerprint density at radius 2 is 1.96 bits per heavy atom. The molecule has 0 amide bonds. The molecule has 0 heterocycles. The summed E-state index contributed by atoms with van der Waals surface area (Å²) in [6, 6.07) is 6.34. The van der Waals surface area contributed by atoms with Gasteiger partial charge in [-0.15, -0.1) is 0 Å². The van der Waals surface area contributed by atoms with E-state index in [2.05, 4.69) is 39.0 Å². The molecule has 1 aromatic rings. The van der Waals surface area contributed by atoms with Gasteiger partial charge in [0.1, 0.15) is 5.78 Å². The first-order valence-corrected chi connectivity index (χ1v) is 8.66. The largest absolute Gasteiger partial charge is 0.396 e. The predicted octanol–water partition coefficient (Wildman–Crippen LogP) is 3.48. The Morgan fingerprint density at radius 1 is 1.26 bits per heavy atom. The molecule has 0 saturated heterocycles. The number of carbonyl (C=O) groups is 1. The van der Waals surface area contributed by atoms with Crippen LogP contribution in [-0.4, -0.2) is 22.6 Å². The van der Waals surface area contributed by atoms with Crippen molar-refractivity contribution in [1.82, 2.24) is 0 Å². The van der Waals surface area contributed by atoms with Crippen molar-refractivity contribution in [3.8, 4) is 0 Å². The van der Waals surface area contributed by atoms with E-state index in [9.17, 15) is 15.0 Å². The van der Waals surface area contributed by atoms with Gasteiger partial charge in [-0.1, -0.05) is 45.9 Å². The molecule has 23 heavy (non-hydrogen) atoms. The Morgan fingerprint density at radius 3 is 2.57 bits per heavy atom. The first-order valence-electron chi connectivity index (χ1n) is 8.66. The molecule has 3 nitrogen and oxygen atoms in total. The van der Waals surface area contributed by atoms with Gasteiger partial charge in [0.25, 0.3) is 0 Å². The number of aliphatic hydroxyl groups is 2. The van der Waals surface area contributed by atoms with E-state index in [-0.39, 0.29) is 23.7 Å². The maximum atomic E-state index is 12.4. The number of benzene rings is 1. The van der Waals surface area contributed by atoms with Gasteiger partial charge in [0.2, 0.25) is 0 Å². The standard InChI is InChI=1S/C20H28O3/c1-12(2)13-5-6-16-15(7-13)17(23)8-18-19(3,11-21)9-14(22)10-20(16,18)4/h5-7,12,17-18,21,23H,8-11H2,1-4H3/t17-,18-,19-,20+/m0/s1. The van der Waals surface area contributed by atoms with E-state index >= 15 is 0 Å². The Labute approximate surface area is 138 Å². The van der Waals surface area contributed by atoms with Gasteiger partial charge in [-0.05, 0) is 34.9 Å². The molecule has 3 rings (SSSR count). The third kappa shape index (κ3) is 2.45. The van der Waals surface area contributed by atoms with Crippen LogP contribution in [0.15, 0.2) is 18.2 Å². The van der Waals surface area contributed by atoms with Crippen LogP contribution in [0.1, 0.15) is 75.7 Å². The normalized spacial score (nSPS) is 36.7. The van der Waals surface area contributed by atoms with E-state index in [1.807, 2.05) is 6.92 Å². The van der Waals surface area contributed by atoms with Crippen LogP contribution < -0.4 is 0 Å². The van der Waals surface area contributed by atoms with Crippen molar-refractivity contribution in [3.05, 3.63) is 34.9 Å². The Bertz CT molecular complexity index is 636. The zero-order valence-electron chi connectivity index (χ0n) is 14.6. The molecular formula is C20H28O3. The second kappa shape index (κ2) is 5.42. The Kier molecular flexibility index (Phi) is 3.93. The van der Waals surface area contributed by atoms with Crippen molar-refractivity contribution in [3.63, 3.8) is 0 Å². The summed E-state index contributed by atoms with van der Waals surface area (Å²) < 4.78 is 0. The lowest BCUT2D eigenvalue weighted by molar-refractivity contribution is -0.134. The monoisotopic (exact) mass is 316 g/mol. The zero-order valence-corrected chi connectivity index (χ0v) is 14.6. The van der Waals surface area contributed by atoms with Crippen molar-refractivity contribution in [2.45, 2.75) is 64.4 Å². The third-order valence-electron chi connectivity index (χ3n) is 6.31. The van der Waals surface area contributed by atoms with Crippen LogP contribution in [0.2, 0.25) is 0 Å². The molecule has 0 aromatic heterocycles. The lowest BCUT2D eigenvalue weighted by Crippen LogP contribution is -2.54. The van der Waals surface area contributed by atoms with E-state index in [0.717, 1.165) is 11.1 Å². The highest BCUT2D eigenvalue weighted by molar-refractivity contribution is 5.82. The molecule has 1 saturated carbocycles. The van der Waals surface area contributed by atoms with E-state index in [4.69, 9.17) is 0 Å². The molecular weight excluding hydrogens is 288 g/mol. The summed E-state index contributed by atoms with van der Waals surface area (Å²) in [7, 11) is 0. The molecule has 0 spiro atoms. The SMILES string of the molecule is CC(C)c1ccc2c(c1)[C@@H](O)C[C@H]1[C@](C)(CO)CC(=O)C[C@]21C. The number of aliphatic hydroxyl groups excluding tert-OH is 2. The highest BCUT2D eigenvalue weighted by atomic mass is 16.3. The second-order valence-electron chi connectivity index (χ2n) is 8.43. The Hall–Kier alpha value is -1.19. The van der Waals surface area contributed by atoms with Crippen LogP contribution in [0.3, 0.4) is 0 Å². The molecule has 1 fully saturated rings. The Balaban J connectivity index is 2.16. The number of rotatable bonds is 2. The van der Waals surface area contributed by atoms with Gasteiger partial charge in [0, 0.05) is 30.3 Å². The molecule has 0 radical (unpaired) electrons. The van der Waals surface area contributed by atoms with Crippen LogP contribution in [0.25, 0.3) is 0 Å². The van der Waals surface area contributed by atoms with Gasteiger partial charge in [-0.25, -0.2) is 0 Å². The number of hydrogen-bond donors (Lipinski definition) is 2. The van der Waals surface area contributed by atoms with Gasteiger partial charge in [0.15, 0.2) is 0 Å². The molecule has 2 N–H and O–H groups in total. The fraction of sp³-hybridized carbons (Fsp3) is 0.650. The average molecular weight is 316 g/mol. The highest BCUT2D eigenvalue weighted by Crippen LogP contribution is 2.58. The molecule has 126 valence electrons. The third-order valence-corrected chi connectivity index (χ3v) is 6.31. The van der Waals surface area contributed by atoms with E-state index < -0.39 is 11.5 Å². The number of hydrogen-bond acceptors (Lipinski definition) is 3. The average Bonchev–Trinajstić information content (AvgIpc) is 2.49. The van der Waals surface area contributed by atoms with E-state index in [0.29, 0.717) is 25.2 Å². The highest BCUT2D eigenvalue weighted by Gasteiger charge is 2.55. The van der Waals surface area contributed by atoms with Gasteiger partial charge in [0.05, 0.1) is 6.10 Å². The first kappa shape index (κ1) is 16.7. The minimum absolute atomic E-state index is 0.00880. The predicted molar refractivity (Wildman–Crippen MR) is 90.4 cm³/mol. The van der Waals surface area contributed by atoms with Gasteiger partial charge in [-0.2, -0.15) is 0 Å². The molecule has 1 aromatic carbocycles. The summed E-state index contributed by atoms with van der Waals surface area (Å²) in [6.07, 6.45) is 1.03. The lowest BCUT2D eigenvalue weighted by Gasteiger charge is -2.55. The van der Waals surface area contributed by atoms with Gasteiger partial charge in [-0.3, -0.25) is 4.79 Å². The fourth-order valence-corrected chi connectivity index (χ4v) is 5.02. The van der Waals surface area contributed by atoms with Crippen molar-refractivity contribution in [2.24, 2.45) is 11.3 Å². The summed E-state index contributed by atoms with van der Waals surface area (Å²) in [5, 5.41) is 20.7. The maximum absolute atomic E-state index is 12.4. The lowest BCUT2D eigenvalue weighted by atomic mass is 9.49. The summed E-state index contributed by atoms with van der Waals surface area (Å²) >= 11 is 0. The molecule has 0 bridgehead atoms. The molecule has 2 aliphatic rings. The molecule has 3 heteroatoms. The van der Waals surface area contributed by atoms with E-state index in [1.54, 1.807) is 0 Å². The minimum atomic E-state index is -0.513. The van der Waals surface area contributed by atoms with Crippen LogP contribution in [0.4, 0.5) is 0 Å². The van der Waals surface area contributed by atoms with Crippen molar-refractivity contribution in [1.29, 1.82) is 0 Å². The van der Waals surface area contributed by atoms with Crippen molar-refractivity contribution >= 4 is 5.78 Å². The number of fused-ring (bicyclic) bond motifs is 3. The smallest absolute Gasteiger partial charge is 0.134 e.